The van der Waals surface area contributed by atoms with Gasteiger partial charge in [-0.2, -0.15) is 0 Å². The van der Waals surface area contributed by atoms with E-state index in [9.17, 15) is 9.59 Å². The van der Waals surface area contributed by atoms with Crippen molar-refractivity contribution < 1.29 is 24.2 Å². The number of hydrogen-bond acceptors (Lipinski definition) is 4. The highest BCUT2D eigenvalue weighted by molar-refractivity contribution is 6.32. The Bertz CT molecular complexity index is 603. The number of carboxylic acids is 1. The van der Waals surface area contributed by atoms with Crippen molar-refractivity contribution in [3.63, 3.8) is 0 Å². The van der Waals surface area contributed by atoms with E-state index in [0.717, 1.165) is 0 Å². The van der Waals surface area contributed by atoms with E-state index in [4.69, 9.17) is 26.2 Å². The standard InChI is InChI=1S/C17H23ClN2O5/c1-24-8-9-25-15-7-6-13(10-14(15)18)20-17(23)19-12-4-2-11(3-5-12)16(21)22/h6-7,10-12H,2-5,8-9H2,1H3,(H,21,22)(H2,19,20,23). The number of nitrogens with one attached hydrogen (secondary N) is 2. The van der Waals surface area contributed by atoms with Gasteiger partial charge in [-0.1, -0.05) is 11.6 Å². The maximum absolute atomic E-state index is 12.1. The molecule has 0 radical (unpaired) electrons. The van der Waals surface area contributed by atoms with E-state index in [2.05, 4.69) is 10.6 Å². The maximum Gasteiger partial charge on any atom is 0.319 e. The lowest BCUT2D eigenvalue weighted by molar-refractivity contribution is -0.142. The van der Waals surface area contributed by atoms with E-state index in [0.29, 0.717) is 55.4 Å². The molecule has 1 aromatic carbocycles. The highest BCUT2D eigenvalue weighted by Crippen LogP contribution is 2.28. The Morgan fingerprint density at radius 1 is 1.24 bits per heavy atom. The minimum absolute atomic E-state index is 0.0114. The Morgan fingerprint density at radius 3 is 2.56 bits per heavy atom. The second-order valence-corrected chi connectivity index (χ2v) is 6.38. The van der Waals surface area contributed by atoms with Gasteiger partial charge in [-0.25, -0.2) is 4.79 Å². The van der Waals surface area contributed by atoms with E-state index < -0.39 is 5.97 Å². The zero-order valence-electron chi connectivity index (χ0n) is 14.1. The van der Waals surface area contributed by atoms with Crippen molar-refractivity contribution in [2.75, 3.05) is 25.6 Å². The fourth-order valence-corrected chi connectivity index (χ4v) is 3.00. The Balaban J connectivity index is 1.80. The summed E-state index contributed by atoms with van der Waals surface area (Å²) in [6, 6.07) is 4.66. The summed E-state index contributed by atoms with van der Waals surface area (Å²) in [6.45, 7) is 0.853. The molecule has 3 N–H and O–H groups in total. The van der Waals surface area contributed by atoms with E-state index in [1.165, 1.54) is 0 Å². The summed E-state index contributed by atoms with van der Waals surface area (Å²) in [5, 5.41) is 15.0. The number of hydrogen-bond donors (Lipinski definition) is 3. The van der Waals surface area contributed by atoms with Gasteiger partial charge in [0.2, 0.25) is 0 Å². The molecule has 0 spiro atoms. The van der Waals surface area contributed by atoms with Gasteiger partial charge in [-0.15, -0.1) is 0 Å². The number of urea groups is 1. The molecule has 138 valence electrons. The first-order chi connectivity index (χ1) is 12.0. The van der Waals surface area contributed by atoms with Gasteiger partial charge < -0.3 is 25.2 Å². The lowest BCUT2D eigenvalue weighted by Crippen LogP contribution is -2.40. The van der Waals surface area contributed by atoms with E-state index in [-0.39, 0.29) is 18.0 Å². The second kappa shape index (κ2) is 9.48. The number of anilines is 1. The average molecular weight is 371 g/mol. The minimum atomic E-state index is -0.759. The van der Waals surface area contributed by atoms with E-state index in [1.807, 2.05) is 0 Å². The van der Waals surface area contributed by atoms with Crippen LogP contribution in [0.25, 0.3) is 0 Å². The summed E-state index contributed by atoms with van der Waals surface area (Å²) in [6.07, 6.45) is 2.49. The van der Waals surface area contributed by atoms with Gasteiger partial charge in [0, 0.05) is 18.8 Å². The number of aliphatic carboxylic acids is 1. The van der Waals surface area contributed by atoms with Crippen LogP contribution in [-0.2, 0) is 9.53 Å². The van der Waals surface area contributed by atoms with Crippen LogP contribution >= 0.6 is 11.6 Å². The molecule has 0 unspecified atom stereocenters. The highest BCUT2D eigenvalue weighted by Gasteiger charge is 2.26. The second-order valence-electron chi connectivity index (χ2n) is 5.97. The number of carbonyl (C=O) groups excluding carboxylic acids is 1. The largest absolute Gasteiger partial charge is 0.490 e. The third-order valence-electron chi connectivity index (χ3n) is 4.15. The van der Waals surface area contributed by atoms with Crippen LogP contribution in [0.5, 0.6) is 5.75 Å². The predicted molar refractivity (Wildman–Crippen MR) is 94.4 cm³/mol. The predicted octanol–water partition coefficient (Wildman–Crippen LogP) is 3.13. The average Bonchev–Trinajstić information content (AvgIpc) is 2.57. The number of ether oxygens (including phenoxy) is 2. The molecule has 0 aliphatic heterocycles. The van der Waals surface area contributed by atoms with Crippen LogP contribution in [0.3, 0.4) is 0 Å². The van der Waals surface area contributed by atoms with Crippen LogP contribution in [0, 0.1) is 5.92 Å². The van der Waals surface area contributed by atoms with Crippen molar-refractivity contribution in [1.29, 1.82) is 0 Å². The van der Waals surface area contributed by atoms with Gasteiger partial charge in [0.05, 0.1) is 17.5 Å². The number of rotatable bonds is 7. The number of carbonyl (C=O) groups is 2. The molecule has 1 saturated carbocycles. The van der Waals surface area contributed by atoms with Crippen molar-refractivity contribution >= 4 is 29.3 Å². The molecule has 7 nitrogen and oxygen atoms in total. The summed E-state index contributed by atoms with van der Waals surface area (Å²) in [4.78, 5) is 23.0. The maximum atomic E-state index is 12.1. The monoisotopic (exact) mass is 370 g/mol. The van der Waals surface area contributed by atoms with Crippen LogP contribution in [-0.4, -0.2) is 43.5 Å². The molecule has 2 amide bonds. The smallest absolute Gasteiger partial charge is 0.319 e. The Morgan fingerprint density at radius 2 is 1.96 bits per heavy atom. The summed E-state index contributed by atoms with van der Waals surface area (Å²) in [5.41, 5.74) is 0.556. The minimum Gasteiger partial charge on any atom is -0.490 e. The molecular formula is C17H23ClN2O5. The van der Waals surface area contributed by atoms with Crippen molar-refractivity contribution in [3.8, 4) is 5.75 Å². The molecule has 1 aliphatic carbocycles. The molecule has 0 aromatic heterocycles. The third-order valence-corrected chi connectivity index (χ3v) is 4.44. The Hall–Kier alpha value is -1.99. The first-order valence-corrected chi connectivity index (χ1v) is 8.59. The van der Waals surface area contributed by atoms with Crippen LogP contribution in [0.15, 0.2) is 18.2 Å². The van der Waals surface area contributed by atoms with Crippen molar-refractivity contribution in [3.05, 3.63) is 23.2 Å². The molecule has 0 saturated heterocycles. The van der Waals surface area contributed by atoms with Crippen LogP contribution < -0.4 is 15.4 Å². The zero-order chi connectivity index (χ0) is 18.2. The summed E-state index contributed by atoms with van der Waals surface area (Å²) < 4.78 is 10.4. The number of carboxylic acid groups (broad SMARTS) is 1. The summed E-state index contributed by atoms with van der Waals surface area (Å²) >= 11 is 6.14. The van der Waals surface area contributed by atoms with E-state index in [1.54, 1.807) is 25.3 Å². The SMILES string of the molecule is COCCOc1ccc(NC(=O)NC2CCC(C(=O)O)CC2)cc1Cl. The molecule has 0 atom stereocenters. The molecule has 8 heteroatoms. The lowest BCUT2D eigenvalue weighted by Gasteiger charge is -2.26. The van der Waals surface area contributed by atoms with Crippen LogP contribution in [0.1, 0.15) is 25.7 Å². The molecule has 25 heavy (non-hydrogen) atoms. The molecule has 2 rings (SSSR count). The Kier molecular flexibility index (Phi) is 7.33. The first kappa shape index (κ1) is 19.3. The van der Waals surface area contributed by atoms with E-state index >= 15 is 0 Å². The van der Waals surface area contributed by atoms with Gasteiger partial charge in [-0.3, -0.25) is 4.79 Å². The van der Waals surface area contributed by atoms with Crippen molar-refractivity contribution in [1.82, 2.24) is 5.32 Å². The zero-order valence-corrected chi connectivity index (χ0v) is 14.8. The van der Waals surface area contributed by atoms with Gasteiger partial charge in [0.1, 0.15) is 12.4 Å². The Labute approximate surface area is 151 Å². The van der Waals surface area contributed by atoms with Gasteiger partial charge in [-0.05, 0) is 43.9 Å². The molecule has 1 aromatic rings. The van der Waals surface area contributed by atoms with Crippen LogP contribution in [0.2, 0.25) is 5.02 Å². The first-order valence-electron chi connectivity index (χ1n) is 8.21. The molecule has 1 fully saturated rings. The fraction of sp³-hybridized carbons (Fsp3) is 0.529. The topological polar surface area (TPSA) is 96.9 Å². The fourth-order valence-electron chi connectivity index (χ4n) is 2.77. The normalized spacial score (nSPS) is 19.9. The quantitative estimate of drug-likeness (QED) is 0.641. The number of halogens is 1. The number of benzene rings is 1. The lowest BCUT2D eigenvalue weighted by atomic mass is 9.86. The molecule has 0 bridgehead atoms. The van der Waals surface area contributed by atoms with Crippen molar-refractivity contribution in [2.45, 2.75) is 31.7 Å². The molecule has 0 heterocycles. The number of amides is 2. The summed E-state index contributed by atoms with van der Waals surface area (Å²) in [5.74, 6) is -0.535. The van der Waals surface area contributed by atoms with Crippen LogP contribution in [0.4, 0.5) is 10.5 Å². The molecule has 1 aliphatic rings. The highest BCUT2D eigenvalue weighted by atomic mass is 35.5. The van der Waals surface area contributed by atoms with Gasteiger partial charge in [0.25, 0.3) is 0 Å². The number of methoxy groups -OCH3 is 1. The van der Waals surface area contributed by atoms with Gasteiger partial charge in [0.15, 0.2) is 0 Å². The third kappa shape index (κ3) is 6.10. The van der Waals surface area contributed by atoms with Crippen molar-refractivity contribution in [2.24, 2.45) is 5.92 Å². The van der Waals surface area contributed by atoms with Gasteiger partial charge >= 0.3 is 12.0 Å². The molecular weight excluding hydrogens is 348 g/mol. The summed E-state index contributed by atoms with van der Waals surface area (Å²) in [7, 11) is 1.59.